The molecule has 4 aromatic rings. The van der Waals surface area contributed by atoms with Gasteiger partial charge in [-0.3, -0.25) is 9.59 Å². The molecule has 20 nitrogen and oxygen atoms in total. The predicted octanol–water partition coefficient (Wildman–Crippen LogP) is 5.24. The predicted molar refractivity (Wildman–Crippen MR) is 286 cm³/mol. The lowest BCUT2D eigenvalue weighted by atomic mass is 10.0. The van der Waals surface area contributed by atoms with E-state index in [-0.39, 0.29) is 53.5 Å². The number of ether oxygens (including phenoxy) is 4. The summed E-state index contributed by atoms with van der Waals surface area (Å²) in [4.78, 5) is 85.2. The maximum Gasteiger partial charge on any atom is 0.415 e. The summed E-state index contributed by atoms with van der Waals surface area (Å²) in [6.07, 6.45) is -2.58. The number of sulfonamides is 2. The van der Waals surface area contributed by atoms with Gasteiger partial charge in [0, 0.05) is 64.5 Å². The Morgan fingerprint density at radius 2 is 1.13 bits per heavy atom. The Kier molecular flexibility index (Phi) is 18.8. The van der Waals surface area contributed by atoms with Crippen LogP contribution in [0.4, 0.5) is 9.59 Å². The molecule has 3 aliphatic heterocycles. The first-order valence-electron chi connectivity index (χ1n) is 25.2. The Labute approximate surface area is 454 Å². The number of nitrogens with one attached hydrogen (secondary N) is 2. The number of rotatable bonds is 17. The van der Waals surface area contributed by atoms with Crippen molar-refractivity contribution in [3.63, 3.8) is 0 Å². The Bertz CT molecular complexity index is 3000. The molecule has 0 spiro atoms. The number of hydrogen-bond acceptors (Lipinski definition) is 15. The Morgan fingerprint density at radius 3 is 1.64 bits per heavy atom. The molecule has 4 amide bonds. The Balaban J connectivity index is 1.14. The van der Waals surface area contributed by atoms with Crippen LogP contribution in [-0.4, -0.2) is 159 Å². The fraction of sp³-hybridized carbons (Fsp3) is 0.444. The minimum absolute atomic E-state index is 0.00274. The molecule has 7 rings (SSSR count). The highest BCUT2D eigenvalue weighted by Crippen LogP contribution is 2.31. The fourth-order valence-corrected chi connectivity index (χ4v) is 13.0. The Morgan fingerprint density at radius 1 is 0.649 bits per heavy atom. The standard InChI is InChI=1S/C54H66N6O14S3/c1-35-10-22-42(23-11-35)76(67,68)59-26-8-9-46(59)48(61)55-44(31-37-14-18-39(19-15-37)72-52(65)57(6)7)50(63)71-41-33-47(60(34-41)77(69,70)43-24-12-36(2)13-25-43)49(62)56-45(51(64)74-54(3,4)5)32-38-16-20-40(21-17-38)73-53(66)58-27-29-75-30-28-58/h10-25,41,44-47H,8-9,26-34H2,1-7H3,(H,55,61)(H,56,62)/t41?,44-,45-,46-,47-/m0/s1. The number of carbonyl (C=O) groups is 6. The lowest BCUT2D eigenvalue weighted by Gasteiger charge is -2.27. The molecule has 4 aromatic carbocycles. The van der Waals surface area contributed by atoms with Crippen molar-refractivity contribution in [2.24, 2.45) is 0 Å². The third kappa shape index (κ3) is 15.2. The van der Waals surface area contributed by atoms with Crippen LogP contribution in [0.5, 0.6) is 11.5 Å². The zero-order chi connectivity index (χ0) is 55.8. The van der Waals surface area contributed by atoms with E-state index in [0.717, 1.165) is 31.2 Å². The van der Waals surface area contributed by atoms with Crippen LogP contribution in [0.15, 0.2) is 107 Å². The average Bonchev–Trinajstić information content (AvgIpc) is 4.08. The van der Waals surface area contributed by atoms with Crippen LogP contribution in [0.1, 0.15) is 62.3 Å². The van der Waals surface area contributed by atoms with E-state index in [4.69, 9.17) is 18.9 Å². The third-order valence-corrected chi connectivity index (χ3v) is 17.7. The van der Waals surface area contributed by atoms with Gasteiger partial charge < -0.3 is 39.4 Å². The maximum atomic E-state index is 14.7. The first-order valence-corrected chi connectivity index (χ1v) is 29.2. The molecular weight excluding hydrogens is 1050 g/mol. The van der Waals surface area contributed by atoms with E-state index in [9.17, 15) is 45.6 Å². The molecule has 414 valence electrons. The monoisotopic (exact) mass is 1120 g/mol. The summed E-state index contributed by atoms with van der Waals surface area (Å²) >= 11 is 1.75. The van der Waals surface area contributed by atoms with E-state index in [1.54, 1.807) is 105 Å². The van der Waals surface area contributed by atoms with Gasteiger partial charge in [-0.05, 0) is 107 Å². The highest BCUT2D eigenvalue weighted by molar-refractivity contribution is 7.99. The molecule has 1 unspecified atom stereocenters. The minimum atomic E-state index is -4.50. The van der Waals surface area contributed by atoms with Gasteiger partial charge in [-0.15, -0.1) is 0 Å². The molecule has 0 aromatic heterocycles. The van der Waals surface area contributed by atoms with Crippen LogP contribution >= 0.6 is 11.8 Å². The molecule has 3 fully saturated rings. The van der Waals surface area contributed by atoms with Crippen LogP contribution in [-0.2, 0) is 61.5 Å². The molecule has 0 saturated carbocycles. The van der Waals surface area contributed by atoms with Crippen molar-refractivity contribution in [1.29, 1.82) is 0 Å². The zero-order valence-corrected chi connectivity index (χ0v) is 46.6. The van der Waals surface area contributed by atoms with Crippen LogP contribution < -0.4 is 20.1 Å². The van der Waals surface area contributed by atoms with Crippen molar-refractivity contribution in [2.75, 3.05) is 51.8 Å². The van der Waals surface area contributed by atoms with Gasteiger partial charge >= 0.3 is 24.1 Å². The smallest absolute Gasteiger partial charge is 0.415 e. The quantitative estimate of drug-likeness (QED) is 0.129. The minimum Gasteiger partial charge on any atom is -0.459 e. The molecule has 77 heavy (non-hydrogen) atoms. The second-order valence-electron chi connectivity index (χ2n) is 20.4. The summed E-state index contributed by atoms with van der Waals surface area (Å²) < 4.78 is 81.7. The van der Waals surface area contributed by atoms with Crippen molar-refractivity contribution >= 4 is 67.7 Å². The Hall–Kier alpha value is -6.53. The van der Waals surface area contributed by atoms with Crippen molar-refractivity contribution in [3.05, 3.63) is 119 Å². The molecule has 0 radical (unpaired) electrons. The highest BCUT2D eigenvalue weighted by atomic mass is 32.2. The van der Waals surface area contributed by atoms with Gasteiger partial charge in [-0.1, -0.05) is 59.7 Å². The van der Waals surface area contributed by atoms with Gasteiger partial charge in [0.15, 0.2) is 0 Å². The van der Waals surface area contributed by atoms with Crippen molar-refractivity contribution < 1.29 is 64.6 Å². The second-order valence-corrected chi connectivity index (χ2v) is 25.4. The van der Waals surface area contributed by atoms with E-state index >= 15 is 0 Å². The number of hydrogen-bond donors (Lipinski definition) is 2. The molecule has 3 saturated heterocycles. The van der Waals surface area contributed by atoms with E-state index in [0.29, 0.717) is 30.6 Å². The van der Waals surface area contributed by atoms with Crippen LogP contribution in [0.2, 0.25) is 0 Å². The molecular formula is C54H66N6O14S3. The van der Waals surface area contributed by atoms with E-state index < -0.39 is 98.4 Å². The normalized spacial score (nSPS) is 19.1. The van der Waals surface area contributed by atoms with E-state index in [2.05, 4.69) is 10.6 Å². The largest absolute Gasteiger partial charge is 0.459 e. The molecule has 0 aliphatic carbocycles. The van der Waals surface area contributed by atoms with Gasteiger partial charge in [0.1, 0.15) is 47.4 Å². The summed E-state index contributed by atoms with van der Waals surface area (Å²) in [5.74, 6) is -1.42. The summed E-state index contributed by atoms with van der Waals surface area (Å²) in [6, 6.07) is 19.1. The van der Waals surface area contributed by atoms with Crippen molar-refractivity contribution in [2.45, 2.75) is 112 Å². The van der Waals surface area contributed by atoms with Crippen LogP contribution in [0, 0.1) is 13.8 Å². The van der Waals surface area contributed by atoms with E-state index in [1.165, 1.54) is 55.4 Å². The van der Waals surface area contributed by atoms with Gasteiger partial charge in [0.05, 0.1) is 16.3 Å². The number of esters is 2. The maximum absolute atomic E-state index is 14.7. The molecule has 0 bridgehead atoms. The fourth-order valence-electron chi connectivity index (χ4n) is 8.84. The van der Waals surface area contributed by atoms with Gasteiger partial charge in [-0.2, -0.15) is 20.4 Å². The van der Waals surface area contributed by atoms with Gasteiger partial charge in [0.2, 0.25) is 31.9 Å². The second kappa shape index (κ2) is 24.9. The molecule has 3 heterocycles. The van der Waals surface area contributed by atoms with Crippen LogP contribution in [0.25, 0.3) is 0 Å². The number of benzene rings is 4. The number of nitrogens with zero attached hydrogens (tertiary/aromatic N) is 4. The molecule has 3 aliphatic rings. The third-order valence-electron chi connectivity index (χ3n) is 12.9. The summed E-state index contributed by atoms with van der Waals surface area (Å²) in [7, 11) is -5.61. The van der Waals surface area contributed by atoms with Gasteiger partial charge in [-0.25, -0.2) is 36.0 Å². The van der Waals surface area contributed by atoms with Crippen LogP contribution in [0.3, 0.4) is 0 Å². The molecule has 23 heteroatoms. The van der Waals surface area contributed by atoms with E-state index in [1.807, 2.05) is 6.92 Å². The van der Waals surface area contributed by atoms with Crippen molar-refractivity contribution in [3.8, 4) is 11.5 Å². The first kappa shape index (κ1) is 58.2. The van der Waals surface area contributed by atoms with Gasteiger partial charge in [0.25, 0.3) is 0 Å². The zero-order valence-electron chi connectivity index (χ0n) is 44.1. The lowest BCUT2D eigenvalue weighted by Crippen LogP contribution is -2.52. The number of carbonyl (C=O) groups excluding carboxylic acids is 6. The average molecular weight is 1120 g/mol. The number of thioether (sulfide) groups is 1. The summed E-state index contributed by atoms with van der Waals surface area (Å²) in [6.45, 7) is 9.22. The summed E-state index contributed by atoms with van der Waals surface area (Å²) in [5, 5.41) is 5.44. The number of amides is 4. The van der Waals surface area contributed by atoms with Crippen molar-refractivity contribution in [1.82, 2.24) is 29.0 Å². The SMILES string of the molecule is Cc1ccc(S(=O)(=O)N2CCC[C@H]2C(=O)N[C@@H](Cc2ccc(OC(=O)N(C)C)cc2)C(=O)OC2C[C@@H](C(=O)N[C@@H](Cc3ccc(OC(=O)N4CCSCC4)cc3)C(=O)OC(C)(C)C)N(S(=O)(=O)c3ccc(C)cc3)C2)cc1. The topological polar surface area (TPSA) is 245 Å². The summed E-state index contributed by atoms with van der Waals surface area (Å²) in [5.41, 5.74) is 1.64. The molecule has 2 N–H and O–H groups in total. The first-order chi connectivity index (χ1) is 36.4. The molecule has 5 atom stereocenters. The number of aryl methyl sites for hydroxylation is 2. The lowest BCUT2D eigenvalue weighted by molar-refractivity contribution is -0.158. The highest BCUT2D eigenvalue weighted by Gasteiger charge is 2.48.